The minimum absolute atomic E-state index is 0.116. The van der Waals surface area contributed by atoms with Gasteiger partial charge in [-0.1, -0.05) is 18.7 Å². The molecule has 8 nitrogen and oxygen atoms in total. The monoisotopic (exact) mass is 460 g/mol. The summed E-state index contributed by atoms with van der Waals surface area (Å²) in [4.78, 5) is 44.2. The second-order valence-electron chi connectivity index (χ2n) is 7.73. The van der Waals surface area contributed by atoms with E-state index >= 15 is 0 Å². The fourth-order valence-corrected chi connectivity index (χ4v) is 6.01. The Kier molecular flexibility index (Phi) is 6.19. The van der Waals surface area contributed by atoms with Gasteiger partial charge in [-0.2, -0.15) is 0 Å². The quantitative estimate of drug-likeness (QED) is 0.448. The maximum absolute atomic E-state index is 13.6. The predicted molar refractivity (Wildman–Crippen MR) is 121 cm³/mol. The van der Waals surface area contributed by atoms with Gasteiger partial charge in [-0.25, -0.2) is 9.78 Å². The van der Waals surface area contributed by atoms with Crippen LogP contribution in [0.15, 0.2) is 32.8 Å². The summed E-state index contributed by atoms with van der Waals surface area (Å²) in [5, 5.41) is 5.12. The van der Waals surface area contributed by atoms with Gasteiger partial charge in [-0.15, -0.1) is 11.3 Å². The Morgan fingerprint density at radius 3 is 2.97 bits per heavy atom. The number of hydrogen-bond acceptors (Lipinski definition) is 7. The van der Waals surface area contributed by atoms with E-state index in [0.717, 1.165) is 36.6 Å². The van der Waals surface area contributed by atoms with Crippen molar-refractivity contribution in [3.63, 3.8) is 0 Å². The SMILES string of the molecule is CNC(=O)NC(=O)C(C)Sc1nc2sc3c(c2c(=O)n1Cc1ccco1)CCC(C)C3. The minimum atomic E-state index is -0.626. The summed E-state index contributed by atoms with van der Waals surface area (Å²) in [6.45, 7) is 4.13. The lowest BCUT2D eigenvalue weighted by molar-refractivity contribution is -0.119. The number of nitrogens with zero attached hydrogens (tertiary/aromatic N) is 2. The van der Waals surface area contributed by atoms with Crippen LogP contribution < -0.4 is 16.2 Å². The van der Waals surface area contributed by atoms with Crippen molar-refractivity contribution in [2.75, 3.05) is 7.05 Å². The van der Waals surface area contributed by atoms with Crippen molar-refractivity contribution in [2.45, 2.75) is 50.1 Å². The largest absolute Gasteiger partial charge is 0.467 e. The number of aromatic nitrogens is 2. The smallest absolute Gasteiger partial charge is 0.321 e. The number of carbonyl (C=O) groups excluding carboxylic acids is 2. The highest BCUT2D eigenvalue weighted by Gasteiger charge is 2.26. The first kappa shape index (κ1) is 21.6. The molecule has 0 bridgehead atoms. The first-order valence-corrected chi connectivity index (χ1v) is 11.8. The highest BCUT2D eigenvalue weighted by molar-refractivity contribution is 8.00. The van der Waals surface area contributed by atoms with E-state index in [4.69, 9.17) is 9.40 Å². The minimum Gasteiger partial charge on any atom is -0.467 e. The molecule has 10 heteroatoms. The molecule has 3 aromatic rings. The van der Waals surface area contributed by atoms with E-state index in [9.17, 15) is 14.4 Å². The van der Waals surface area contributed by atoms with E-state index in [1.165, 1.54) is 11.9 Å². The first-order valence-electron chi connectivity index (χ1n) is 10.1. The van der Waals surface area contributed by atoms with Crippen molar-refractivity contribution >= 4 is 45.3 Å². The molecule has 164 valence electrons. The van der Waals surface area contributed by atoms with Crippen LogP contribution in [-0.4, -0.2) is 33.8 Å². The number of urea groups is 1. The zero-order chi connectivity index (χ0) is 22.1. The molecule has 31 heavy (non-hydrogen) atoms. The van der Waals surface area contributed by atoms with Crippen molar-refractivity contribution in [1.29, 1.82) is 0 Å². The Morgan fingerprint density at radius 1 is 1.45 bits per heavy atom. The lowest BCUT2D eigenvalue weighted by atomic mass is 9.89. The van der Waals surface area contributed by atoms with E-state index in [1.54, 1.807) is 41.2 Å². The third-order valence-electron chi connectivity index (χ3n) is 5.39. The zero-order valence-electron chi connectivity index (χ0n) is 17.6. The average Bonchev–Trinajstić information content (AvgIpc) is 3.37. The molecular weight excluding hydrogens is 436 g/mol. The summed E-state index contributed by atoms with van der Waals surface area (Å²) in [5.41, 5.74) is 1.00. The fourth-order valence-electron chi connectivity index (χ4n) is 3.68. The van der Waals surface area contributed by atoms with Crippen LogP contribution in [0, 0.1) is 5.92 Å². The van der Waals surface area contributed by atoms with Gasteiger partial charge in [0, 0.05) is 11.9 Å². The summed E-state index contributed by atoms with van der Waals surface area (Å²) < 4.78 is 7.03. The number of amides is 3. The van der Waals surface area contributed by atoms with Crippen molar-refractivity contribution in [3.8, 4) is 0 Å². The van der Waals surface area contributed by atoms with Crippen LogP contribution in [0.25, 0.3) is 10.2 Å². The number of aryl methyl sites for hydroxylation is 1. The van der Waals surface area contributed by atoms with Gasteiger partial charge < -0.3 is 9.73 Å². The maximum Gasteiger partial charge on any atom is 0.321 e. The number of imide groups is 1. The van der Waals surface area contributed by atoms with Crippen LogP contribution in [-0.2, 0) is 24.2 Å². The summed E-state index contributed by atoms with van der Waals surface area (Å²) in [6, 6.07) is 3.00. The Bertz CT molecular complexity index is 1180. The van der Waals surface area contributed by atoms with Crippen molar-refractivity contribution < 1.29 is 14.0 Å². The fraction of sp³-hybridized carbons (Fsp3) is 0.429. The Labute approximate surface area is 187 Å². The molecule has 3 heterocycles. The van der Waals surface area contributed by atoms with Crippen molar-refractivity contribution in [2.24, 2.45) is 5.92 Å². The Hall–Kier alpha value is -2.59. The van der Waals surface area contributed by atoms with Crippen LogP contribution in [0.5, 0.6) is 0 Å². The van der Waals surface area contributed by atoms with Crippen LogP contribution in [0.2, 0.25) is 0 Å². The zero-order valence-corrected chi connectivity index (χ0v) is 19.2. The van der Waals surface area contributed by atoms with Crippen molar-refractivity contribution in [1.82, 2.24) is 20.2 Å². The van der Waals surface area contributed by atoms with Gasteiger partial charge in [-0.05, 0) is 49.8 Å². The van der Waals surface area contributed by atoms with Gasteiger partial charge in [0.25, 0.3) is 5.56 Å². The molecule has 0 aromatic carbocycles. The number of carbonyl (C=O) groups is 2. The molecular formula is C21H24N4O4S2. The number of furan rings is 1. The van der Waals surface area contributed by atoms with E-state index in [-0.39, 0.29) is 12.1 Å². The number of fused-ring (bicyclic) bond motifs is 3. The van der Waals surface area contributed by atoms with Gasteiger partial charge in [0.15, 0.2) is 5.16 Å². The van der Waals surface area contributed by atoms with E-state index in [0.29, 0.717) is 27.1 Å². The summed E-state index contributed by atoms with van der Waals surface area (Å²) >= 11 is 2.73. The molecule has 0 spiro atoms. The maximum atomic E-state index is 13.6. The van der Waals surface area contributed by atoms with Gasteiger partial charge in [-0.3, -0.25) is 19.5 Å². The lowest BCUT2D eigenvalue weighted by Crippen LogP contribution is -2.41. The van der Waals surface area contributed by atoms with Crippen LogP contribution in [0.3, 0.4) is 0 Å². The molecule has 0 radical (unpaired) electrons. The molecule has 1 aliphatic rings. The summed E-state index contributed by atoms with van der Waals surface area (Å²) in [5.74, 6) is 0.765. The highest BCUT2D eigenvalue weighted by Crippen LogP contribution is 2.37. The molecule has 2 N–H and O–H groups in total. The number of rotatable bonds is 5. The van der Waals surface area contributed by atoms with Gasteiger partial charge in [0.1, 0.15) is 10.6 Å². The van der Waals surface area contributed by atoms with Gasteiger partial charge in [0.05, 0.1) is 23.4 Å². The average molecular weight is 461 g/mol. The second kappa shape index (κ2) is 8.88. The molecule has 0 aliphatic heterocycles. The molecule has 1 aliphatic carbocycles. The summed E-state index contributed by atoms with van der Waals surface area (Å²) in [7, 11) is 1.44. The van der Waals surface area contributed by atoms with Gasteiger partial charge in [0.2, 0.25) is 5.91 Å². The van der Waals surface area contributed by atoms with Crippen molar-refractivity contribution in [3.05, 3.63) is 45.0 Å². The third-order valence-corrected chi connectivity index (χ3v) is 7.63. The van der Waals surface area contributed by atoms with E-state index in [2.05, 4.69) is 17.6 Å². The summed E-state index contributed by atoms with van der Waals surface area (Å²) in [6.07, 6.45) is 4.46. The predicted octanol–water partition coefficient (Wildman–Crippen LogP) is 3.16. The third kappa shape index (κ3) is 4.40. The highest BCUT2D eigenvalue weighted by atomic mass is 32.2. The van der Waals surface area contributed by atoms with Crippen LogP contribution in [0.1, 0.15) is 36.5 Å². The molecule has 0 fully saturated rings. The number of thiophene rings is 1. The molecule has 2 unspecified atom stereocenters. The van der Waals surface area contributed by atoms with Crippen LogP contribution in [0.4, 0.5) is 4.79 Å². The topological polar surface area (TPSA) is 106 Å². The molecule has 3 amide bonds. The van der Waals surface area contributed by atoms with E-state index in [1.807, 2.05) is 0 Å². The number of nitrogens with one attached hydrogen (secondary N) is 2. The van der Waals surface area contributed by atoms with Crippen LogP contribution >= 0.6 is 23.1 Å². The molecule has 0 saturated heterocycles. The molecule has 3 aromatic heterocycles. The second-order valence-corrected chi connectivity index (χ2v) is 10.1. The molecule has 2 atom stereocenters. The molecule has 0 saturated carbocycles. The number of hydrogen-bond donors (Lipinski definition) is 2. The van der Waals surface area contributed by atoms with Gasteiger partial charge >= 0.3 is 6.03 Å². The Balaban J connectivity index is 1.76. The Morgan fingerprint density at radius 2 is 2.26 bits per heavy atom. The lowest BCUT2D eigenvalue weighted by Gasteiger charge is -2.18. The molecule has 4 rings (SSSR count). The standard InChI is InChI=1S/C21H24N4O4S2/c1-11-6-7-14-15(9-11)31-18-16(14)19(27)25(10-13-5-4-8-29-13)21(24-18)30-12(2)17(26)23-20(28)22-3/h4-5,8,11-12H,6-7,9-10H2,1-3H3,(H2,22,23,26,28). The van der Waals surface area contributed by atoms with E-state index < -0.39 is 17.2 Å². The number of thioether (sulfide) groups is 1. The normalized spacial score (nSPS) is 16.7. The first-order chi connectivity index (χ1) is 14.9.